The van der Waals surface area contributed by atoms with E-state index < -0.39 is 0 Å². The number of nitrogens with one attached hydrogen (secondary N) is 1. The fourth-order valence-corrected chi connectivity index (χ4v) is 2.23. The summed E-state index contributed by atoms with van der Waals surface area (Å²) < 4.78 is 0. The van der Waals surface area contributed by atoms with Gasteiger partial charge in [-0.05, 0) is 36.6 Å². The molecule has 96 valence electrons. The van der Waals surface area contributed by atoms with E-state index in [9.17, 15) is 0 Å². The van der Waals surface area contributed by atoms with Gasteiger partial charge in [0.1, 0.15) is 0 Å². The first-order valence-electron chi connectivity index (χ1n) is 6.49. The molecular formula is C17H18N2. The van der Waals surface area contributed by atoms with Gasteiger partial charge in [0.05, 0.1) is 11.6 Å². The molecule has 0 aromatic heterocycles. The zero-order valence-electron chi connectivity index (χ0n) is 11.4. The van der Waals surface area contributed by atoms with Crippen molar-refractivity contribution in [2.45, 2.75) is 26.4 Å². The molecule has 2 aromatic carbocycles. The fraction of sp³-hybridized carbons (Fsp3) is 0.235. The Labute approximate surface area is 114 Å². The van der Waals surface area contributed by atoms with E-state index in [4.69, 9.17) is 5.26 Å². The van der Waals surface area contributed by atoms with Crippen molar-refractivity contribution in [1.82, 2.24) is 5.32 Å². The monoisotopic (exact) mass is 250 g/mol. The molecule has 0 fully saturated rings. The molecule has 0 amide bonds. The van der Waals surface area contributed by atoms with E-state index in [-0.39, 0.29) is 6.04 Å². The predicted octanol–water partition coefficient (Wildman–Crippen LogP) is 3.72. The van der Waals surface area contributed by atoms with Gasteiger partial charge in [-0.2, -0.15) is 5.26 Å². The van der Waals surface area contributed by atoms with Crippen LogP contribution in [0.5, 0.6) is 0 Å². The molecule has 0 saturated heterocycles. The summed E-state index contributed by atoms with van der Waals surface area (Å²) in [5, 5.41) is 12.5. The Hall–Kier alpha value is -2.11. The number of aryl methyl sites for hydroxylation is 1. The van der Waals surface area contributed by atoms with Crippen LogP contribution in [0.2, 0.25) is 0 Å². The van der Waals surface area contributed by atoms with Crippen molar-refractivity contribution in [3.63, 3.8) is 0 Å². The number of rotatable bonds is 4. The minimum atomic E-state index is 0.271. The number of nitrogens with zero attached hydrogens (tertiary/aromatic N) is 1. The molecule has 0 aliphatic carbocycles. The van der Waals surface area contributed by atoms with Crippen LogP contribution >= 0.6 is 0 Å². The van der Waals surface area contributed by atoms with Crippen LogP contribution in [0.4, 0.5) is 0 Å². The van der Waals surface area contributed by atoms with Crippen LogP contribution in [-0.4, -0.2) is 0 Å². The average Bonchev–Trinajstić information content (AvgIpc) is 2.45. The Kier molecular flexibility index (Phi) is 4.33. The number of nitriles is 1. The third-order valence-electron chi connectivity index (χ3n) is 3.39. The highest BCUT2D eigenvalue weighted by Gasteiger charge is 2.08. The third-order valence-corrected chi connectivity index (χ3v) is 3.39. The van der Waals surface area contributed by atoms with Crippen molar-refractivity contribution in [2.75, 3.05) is 0 Å². The maximum absolute atomic E-state index is 9.07. The lowest BCUT2D eigenvalue weighted by atomic mass is 10.0. The molecule has 2 aromatic rings. The summed E-state index contributed by atoms with van der Waals surface area (Å²) in [5.74, 6) is 0. The third kappa shape index (κ3) is 3.21. The lowest BCUT2D eigenvalue weighted by Gasteiger charge is -2.17. The Morgan fingerprint density at radius 3 is 2.53 bits per heavy atom. The summed E-state index contributed by atoms with van der Waals surface area (Å²) >= 11 is 0. The fourth-order valence-electron chi connectivity index (χ4n) is 2.23. The highest BCUT2D eigenvalue weighted by atomic mass is 14.9. The molecule has 0 saturated carbocycles. The summed E-state index contributed by atoms with van der Waals surface area (Å²) in [6, 6.07) is 18.6. The normalized spacial score (nSPS) is 11.8. The zero-order valence-corrected chi connectivity index (χ0v) is 11.4. The molecule has 19 heavy (non-hydrogen) atoms. The number of hydrogen-bond acceptors (Lipinski definition) is 2. The summed E-state index contributed by atoms with van der Waals surface area (Å²) in [6.45, 7) is 4.98. The number of benzene rings is 2. The highest BCUT2D eigenvalue weighted by molar-refractivity contribution is 5.37. The minimum Gasteiger partial charge on any atom is -0.306 e. The maximum atomic E-state index is 9.07. The summed E-state index contributed by atoms with van der Waals surface area (Å²) in [5.41, 5.74) is 4.38. The highest BCUT2D eigenvalue weighted by Crippen LogP contribution is 2.17. The Morgan fingerprint density at radius 1 is 1.11 bits per heavy atom. The van der Waals surface area contributed by atoms with Gasteiger partial charge in [-0.15, -0.1) is 0 Å². The summed E-state index contributed by atoms with van der Waals surface area (Å²) in [7, 11) is 0. The van der Waals surface area contributed by atoms with Crippen LogP contribution in [0.3, 0.4) is 0 Å². The molecule has 2 nitrogen and oxygen atoms in total. The lowest BCUT2D eigenvalue weighted by molar-refractivity contribution is 0.572. The van der Waals surface area contributed by atoms with E-state index in [1.807, 2.05) is 24.3 Å². The SMILES string of the molecule is Cc1ccccc1[C@@H](C)NCc1ccccc1C#N. The van der Waals surface area contributed by atoms with Crippen molar-refractivity contribution < 1.29 is 0 Å². The van der Waals surface area contributed by atoms with E-state index in [1.165, 1.54) is 11.1 Å². The maximum Gasteiger partial charge on any atom is 0.0995 e. The molecule has 0 aliphatic rings. The van der Waals surface area contributed by atoms with E-state index in [0.717, 1.165) is 11.1 Å². The first-order valence-corrected chi connectivity index (χ1v) is 6.49. The second kappa shape index (κ2) is 6.17. The molecule has 0 spiro atoms. The van der Waals surface area contributed by atoms with Crippen LogP contribution in [-0.2, 0) is 6.54 Å². The molecule has 0 heterocycles. The van der Waals surface area contributed by atoms with Gasteiger partial charge < -0.3 is 5.32 Å². The van der Waals surface area contributed by atoms with E-state index in [0.29, 0.717) is 6.54 Å². The zero-order chi connectivity index (χ0) is 13.7. The molecule has 0 radical (unpaired) electrons. The summed E-state index contributed by atoms with van der Waals surface area (Å²) in [4.78, 5) is 0. The Balaban J connectivity index is 2.07. The first-order chi connectivity index (χ1) is 9.22. The van der Waals surface area contributed by atoms with Crippen LogP contribution in [0.25, 0.3) is 0 Å². The molecule has 0 bridgehead atoms. The van der Waals surface area contributed by atoms with Crippen LogP contribution in [0.15, 0.2) is 48.5 Å². The van der Waals surface area contributed by atoms with Crippen molar-refractivity contribution >= 4 is 0 Å². The second-order valence-corrected chi connectivity index (χ2v) is 4.73. The molecule has 1 atom stereocenters. The van der Waals surface area contributed by atoms with Gasteiger partial charge in [-0.25, -0.2) is 0 Å². The Morgan fingerprint density at radius 2 is 1.79 bits per heavy atom. The molecule has 1 N–H and O–H groups in total. The van der Waals surface area contributed by atoms with E-state index in [2.05, 4.69) is 49.5 Å². The Bertz CT molecular complexity index is 596. The second-order valence-electron chi connectivity index (χ2n) is 4.73. The van der Waals surface area contributed by atoms with Gasteiger partial charge in [0.2, 0.25) is 0 Å². The van der Waals surface area contributed by atoms with Crippen molar-refractivity contribution in [3.05, 3.63) is 70.8 Å². The standard InChI is InChI=1S/C17H18N2/c1-13-7-3-6-10-17(13)14(2)19-12-16-9-5-4-8-15(16)11-18/h3-10,14,19H,12H2,1-2H3/t14-/m1/s1. The minimum absolute atomic E-state index is 0.271. The van der Waals surface area contributed by atoms with Gasteiger partial charge in [0.15, 0.2) is 0 Å². The lowest BCUT2D eigenvalue weighted by Crippen LogP contribution is -2.19. The topological polar surface area (TPSA) is 35.8 Å². The average molecular weight is 250 g/mol. The quantitative estimate of drug-likeness (QED) is 0.897. The first kappa shape index (κ1) is 13.3. The molecule has 0 unspecified atom stereocenters. The van der Waals surface area contributed by atoms with E-state index >= 15 is 0 Å². The van der Waals surface area contributed by atoms with Crippen LogP contribution in [0.1, 0.15) is 35.2 Å². The van der Waals surface area contributed by atoms with Gasteiger partial charge in [0.25, 0.3) is 0 Å². The smallest absolute Gasteiger partial charge is 0.0995 e. The van der Waals surface area contributed by atoms with Crippen LogP contribution < -0.4 is 5.32 Å². The largest absolute Gasteiger partial charge is 0.306 e. The molecule has 0 aliphatic heterocycles. The summed E-state index contributed by atoms with van der Waals surface area (Å²) in [6.07, 6.45) is 0. The van der Waals surface area contributed by atoms with Crippen molar-refractivity contribution in [2.24, 2.45) is 0 Å². The van der Waals surface area contributed by atoms with Crippen molar-refractivity contribution in [1.29, 1.82) is 5.26 Å². The van der Waals surface area contributed by atoms with Crippen LogP contribution in [0, 0.1) is 18.3 Å². The molecule has 2 heteroatoms. The number of hydrogen-bond donors (Lipinski definition) is 1. The van der Waals surface area contributed by atoms with Crippen molar-refractivity contribution in [3.8, 4) is 6.07 Å². The molecular weight excluding hydrogens is 232 g/mol. The van der Waals surface area contributed by atoms with Gasteiger partial charge in [-0.3, -0.25) is 0 Å². The molecule has 2 rings (SSSR count). The van der Waals surface area contributed by atoms with Gasteiger partial charge in [0, 0.05) is 12.6 Å². The predicted molar refractivity (Wildman–Crippen MR) is 77.6 cm³/mol. The van der Waals surface area contributed by atoms with Gasteiger partial charge in [-0.1, -0.05) is 42.5 Å². The van der Waals surface area contributed by atoms with Gasteiger partial charge >= 0.3 is 0 Å². The van der Waals surface area contributed by atoms with E-state index in [1.54, 1.807) is 0 Å².